The normalized spacial score (nSPS) is 37.4. The maximum atomic E-state index is 9.99. The largest absolute Gasteiger partial charge is 0.508 e. The third-order valence-corrected chi connectivity index (χ3v) is 6.48. The minimum atomic E-state index is 0.361. The van der Waals surface area contributed by atoms with E-state index < -0.39 is 0 Å². The van der Waals surface area contributed by atoms with Crippen LogP contribution in [0.15, 0.2) is 30.9 Å². The van der Waals surface area contributed by atoms with E-state index in [1.165, 1.54) is 56.2 Å². The van der Waals surface area contributed by atoms with Gasteiger partial charge in [0, 0.05) is 24.2 Å². The van der Waals surface area contributed by atoms with Crippen molar-refractivity contribution in [3.05, 3.63) is 42.0 Å². The van der Waals surface area contributed by atoms with Crippen LogP contribution in [0, 0.1) is 5.92 Å². The van der Waals surface area contributed by atoms with E-state index in [9.17, 15) is 5.11 Å². The lowest BCUT2D eigenvalue weighted by Crippen LogP contribution is -3.19. The Morgan fingerprint density at radius 1 is 1.33 bits per heavy atom. The molecule has 1 aliphatic heterocycles. The molecule has 4 rings (SSSR count). The standard InChI is InChI=1S/C19H25NO/c1-2-10-20-11-9-19-8-4-3-5-16(19)18(20)12-14-6-7-15(21)13-17(14)19/h2,6-7,13,16,18,21H,1,3-5,8-12H2/p+1. The smallest absolute Gasteiger partial charge is 0.115 e. The summed E-state index contributed by atoms with van der Waals surface area (Å²) in [7, 11) is 0. The molecule has 0 spiro atoms. The van der Waals surface area contributed by atoms with E-state index in [4.69, 9.17) is 0 Å². The van der Waals surface area contributed by atoms with E-state index in [1.54, 1.807) is 4.90 Å². The molecule has 0 amide bonds. The molecular weight excluding hydrogens is 258 g/mol. The van der Waals surface area contributed by atoms with Gasteiger partial charge in [-0.1, -0.05) is 25.5 Å². The monoisotopic (exact) mass is 284 g/mol. The number of quaternary nitrogens is 1. The van der Waals surface area contributed by atoms with Gasteiger partial charge in [-0.05, 0) is 42.2 Å². The summed E-state index contributed by atoms with van der Waals surface area (Å²) in [6.45, 7) is 6.33. The third-order valence-electron chi connectivity index (χ3n) is 6.48. The summed E-state index contributed by atoms with van der Waals surface area (Å²) >= 11 is 0. The molecule has 3 aliphatic rings. The van der Waals surface area contributed by atoms with Crippen LogP contribution in [0.3, 0.4) is 0 Å². The van der Waals surface area contributed by atoms with E-state index in [-0.39, 0.29) is 0 Å². The topological polar surface area (TPSA) is 24.7 Å². The Morgan fingerprint density at radius 2 is 2.24 bits per heavy atom. The fourth-order valence-electron chi connectivity index (χ4n) is 5.65. The number of aromatic hydroxyl groups is 1. The molecule has 4 atom stereocenters. The third kappa shape index (κ3) is 1.88. The zero-order valence-corrected chi connectivity index (χ0v) is 12.8. The molecular formula is C19H26NO+. The fraction of sp³-hybridized carbons (Fsp3) is 0.579. The van der Waals surface area contributed by atoms with Crippen molar-refractivity contribution in [2.45, 2.75) is 50.0 Å². The van der Waals surface area contributed by atoms with Gasteiger partial charge in [0.1, 0.15) is 5.75 Å². The SMILES string of the molecule is C=CC[NH+]1CCC23CCCCC2C1Cc1ccc(O)cc13. The Hall–Kier alpha value is -1.28. The number of piperidine rings is 1. The summed E-state index contributed by atoms with van der Waals surface area (Å²) in [5, 5.41) is 9.99. The van der Waals surface area contributed by atoms with Crippen molar-refractivity contribution >= 4 is 0 Å². The molecule has 21 heavy (non-hydrogen) atoms. The first-order valence-corrected chi connectivity index (χ1v) is 8.52. The second-order valence-electron chi connectivity index (χ2n) is 7.31. The van der Waals surface area contributed by atoms with Crippen LogP contribution in [0.25, 0.3) is 0 Å². The molecule has 0 radical (unpaired) electrons. The lowest BCUT2D eigenvalue weighted by Gasteiger charge is -2.56. The van der Waals surface area contributed by atoms with Crippen molar-refractivity contribution in [3.63, 3.8) is 0 Å². The van der Waals surface area contributed by atoms with Crippen molar-refractivity contribution in [2.75, 3.05) is 13.1 Å². The molecule has 1 heterocycles. The number of benzene rings is 1. The van der Waals surface area contributed by atoms with Crippen LogP contribution < -0.4 is 4.90 Å². The highest BCUT2D eigenvalue weighted by Gasteiger charge is 2.55. The molecule has 1 aromatic rings. The first kappa shape index (κ1) is 13.4. The number of likely N-dealkylation sites (tertiary alicyclic amines) is 1. The van der Waals surface area contributed by atoms with Gasteiger partial charge in [0.2, 0.25) is 0 Å². The Bertz CT molecular complexity index is 567. The number of fused-ring (bicyclic) bond motifs is 1. The molecule has 112 valence electrons. The van der Waals surface area contributed by atoms with Crippen molar-refractivity contribution in [3.8, 4) is 5.75 Å². The number of hydrogen-bond acceptors (Lipinski definition) is 1. The van der Waals surface area contributed by atoms with E-state index in [0.717, 1.165) is 18.5 Å². The summed E-state index contributed by atoms with van der Waals surface area (Å²) in [5.41, 5.74) is 3.35. The molecule has 1 saturated heterocycles. The van der Waals surface area contributed by atoms with Crippen molar-refractivity contribution in [1.29, 1.82) is 0 Å². The van der Waals surface area contributed by atoms with E-state index in [0.29, 0.717) is 11.2 Å². The number of rotatable bonds is 2. The first-order valence-electron chi connectivity index (χ1n) is 8.52. The van der Waals surface area contributed by atoms with Crippen LogP contribution in [-0.4, -0.2) is 24.2 Å². The molecule has 4 unspecified atom stereocenters. The zero-order valence-electron chi connectivity index (χ0n) is 12.8. The summed E-state index contributed by atoms with van der Waals surface area (Å²) in [4.78, 5) is 1.74. The highest BCUT2D eigenvalue weighted by Crippen LogP contribution is 2.53. The molecule has 2 aliphatic carbocycles. The summed E-state index contributed by atoms with van der Waals surface area (Å²) < 4.78 is 0. The number of nitrogens with one attached hydrogen (secondary N) is 1. The van der Waals surface area contributed by atoms with Gasteiger partial charge in [-0.2, -0.15) is 0 Å². The lowest BCUT2D eigenvalue weighted by atomic mass is 9.52. The number of hydrogen-bond donors (Lipinski definition) is 2. The van der Waals surface area contributed by atoms with Gasteiger partial charge in [-0.25, -0.2) is 0 Å². The van der Waals surface area contributed by atoms with E-state index in [1.807, 2.05) is 6.07 Å². The van der Waals surface area contributed by atoms with Gasteiger partial charge in [0.05, 0.1) is 19.1 Å². The molecule has 2 heteroatoms. The Morgan fingerprint density at radius 3 is 3.10 bits per heavy atom. The van der Waals surface area contributed by atoms with Gasteiger partial charge in [-0.15, -0.1) is 0 Å². The van der Waals surface area contributed by atoms with Crippen LogP contribution in [0.1, 0.15) is 43.2 Å². The summed E-state index contributed by atoms with van der Waals surface area (Å²) in [5.74, 6) is 1.26. The van der Waals surface area contributed by atoms with Crippen LogP contribution in [-0.2, 0) is 11.8 Å². The van der Waals surface area contributed by atoms with Crippen molar-refractivity contribution in [1.82, 2.24) is 0 Å². The fourth-order valence-corrected chi connectivity index (χ4v) is 5.65. The van der Waals surface area contributed by atoms with Gasteiger partial charge >= 0.3 is 0 Å². The molecule has 0 aromatic heterocycles. The van der Waals surface area contributed by atoms with Gasteiger partial charge < -0.3 is 10.0 Å². The number of phenolic OH excluding ortho intramolecular Hbond substituents is 1. The van der Waals surface area contributed by atoms with E-state index in [2.05, 4.69) is 24.8 Å². The van der Waals surface area contributed by atoms with Crippen molar-refractivity contribution in [2.24, 2.45) is 5.92 Å². The molecule has 1 aromatic carbocycles. The Labute approximate surface area is 127 Å². The average Bonchev–Trinajstić information content (AvgIpc) is 2.51. The number of phenols is 1. The Kier molecular flexibility index (Phi) is 3.11. The molecule has 2 nitrogen and oxygen atoms in total. The highest BCUT2D eigenvalue weighted by atomic mass is 16.3. The quantitative estimate of drug-likeness (QED) is 0.800. The average molecular weight is 284 g/mol. The molecule has 2 N–H and O–H groups in total. The molecule has 2 bridgehead atoms. The zero-order chi connectivity index (χ0) is 14.4. The summed E-state index contributed by atoms with van der Waals surface area (Å²) in [6.07, 6.45) is 10.0. The van der Waals surface area contributed by atoms with Gasteiger partial charge in [0.15, 0.2) is 0 Å². The predicted octanol–water partition coefficient (Wildman–Crippen LogP) is 2.22. The molecule has 2 fully saturated rings. The maximum Gasteiger partial charge on any atom is 0.115 e. The minimum Gasteiger partial charge on any atom is -0.508 e. The van der Waals surface area contributed by atoms with Gasteiger partial charge in [-0.3, -0.25) is 0 Å². The van der Waals surface area contributed by atoms with Crippen molar-refractivity contribution < 1.29 is 10.0 Å². The van der Waals surface area contributed by atoms with E-state index >= 15 is 0 Å². The molecule has 1 saturated carbocycles. The van der Waals surface area contributed by atoms with Crippen LogP contribution >= 0.6 is 0 Å². The Balaban J connectivity index is 1.83. The second kappa shape index (κ2) is 4.88. The van der Waals surface area contributed by atoms with Crippen LogP contribution in [0.2, 0.25) is 0 Å². The highest BCUT2D eigenvalue weighted by molar-refractivity contribution is 5.44. The van der Waals surface area contributed by atoms with Gasteiger partial charge in [0.25, 0.3) is 0 Å². The summed E-state index contributed by atoms with van der Waals surface area (Å²) in [6, 6.07) is 6.90. The lowest BCUT2D eigenvalue weighted by molar-refractivity contribution is -0.932. The second-order valence-corrected chi connectivity index (χ2v) is 7.31. The predicted molar refractivity (Wildman–Crippen MR) is 84.7 cm³/mol. The van der Waals surface area contributed by atoms with Crippen LogP contribution in [0.5, 0.6) is 5.75 Å². The maximum absolute atomic E-state index is 9.99. The minimum absolute atomic E-state index is 0.361. The first-order chi connectivity index (χ1) is 10.2. The van der Waals surface area contributed by atoms with Crippen LogP contribution in [0.4, 0.5) is 0 Å².